The molecule has 2 heterocycles. The Bertz CT molecular complexity index is 930. The smallest absolute Gasteiger partial charge is 0.271 e. The van der Waals surface area contributed by atoms with Gasteiger partial charge >= 0.3 is 0 Å². The second kappa shape index (κ2) is 10.6. The number of hydrogen-bond acceptors (Lipinski definition) is 5. The molecule has 0 aliphatic carbocycles. The molecule has 29 heavy (non-hydrogen) atoms. The third-order valence-corrected chi connectivity index (χ3v) is 5.38. The van der Waals surface area contributed by atoms with Gasteiger partial charge in [-0.1, -0.05) is 6.08 Å². The van der Waals surface area contributed by atoms with Gasteiger partial charge in [-0.15, -0.1) is 0 Å². The first kappa shape index (κ1) is 21.6. The highest BCUT2D eigenvalue weighted by atomic mass is 127. The minimum absolute atomic E-state index is 0.146. The number of amides is 1. The van der Waals surface area contributed by atoms with Crippen molar-refractivity contribution in [1.82, 2.24) is 25.5 Å². The maximum atomic E-state index is 13.8. The third kappa shape index (κ3) is 6.20. The van der Waals surface area contributed by atoms with Crippen LogP contribution in [0.5, 0.6) is 0 Å². The predicted octanol–water partition coefficient (Wildman–Crippen LogP) is 3.41. The van der Waals surface area contributed by atoms with Crippen molar-refractivity contribution in [2.45, 2.75) is 19.8 Å². The van der Waals surface area contributed by atoms with Gasteiger partial charge in [0.1, 0.15) is 5.69 Å². The lowest BCUT2D eigenvalue weighted by Gasteiger charge is -2.23. The number of hydrogen-bond donors (Lipinski definition) is 2. The van der Waals surface area contributed by atoms with Crippen molar-refractivity contribution in [2.75, 3.05) is 32.7 Å². The Morgan fingerprint density at radius 1 is 1.28 bits per heavy atom. The Morgan fingerprint density at radius 2 is 2.14 bits per heavy atom. The molecule has 2 N–H and O–H groups in total. The number of carbonyl (C=O) groups excluding carboxylic acids is 1. The lowest BCUT2D eigenvalue weighted by Crippen LogP contribution is -2.32. The van der Waals surface area contributed by atoms with E-state index in [2.05, 4.69) is 49.3 Å². The molecule has 0 bridgehead atoms. The standard InChI is InChI=1S/C21H25FIN5O/c1-2-28-11-7-15(12-20(28)22)4-3-8-24-9-10-25-21(29)19-14-26-18-13-16(23)5-6-17(18)27-19/h5-7,12-14,24H,2-4,8-11H2,1H3,(H,25,29). The van der Waals surface area contributed by atoms with Gasteiger partial charge in [-0.05, 0) is 78.7 Å². The zero-order valence-corrected chi connectivity index (χ0v) is 18.6. The Labute approximate surface area is 183 Å². The van der Waals surface area contributed by atoms with Gasteiger partial charge in [0.05, 0.1) is 17.2 Å². The molecule has 1 aromatic carbocycles. The molecule has 6 nitrogen and oxygen atoms in total. The normalized spacial score (nSPS) is 14.0. The van der Waals surface area contributed by atoms with Gasteiger partial charge in [-0.3, -0.25) is 9.78 Å². The van der Waals surface area contributed by atoms with E-state index < -0.39 is 0 Å². The Balaban J connectivity index is 1.33. The quantitative estimate of drug-likeness (QED) is 0.308. The van der Waals surface area contributed by atoms with Gasteiger partial charge in [0.2, 0.25) is 0 Å². The number of likely N-dealkylation sites (N-methyl/N-ethyl adjacent to an activating group) is 1. The second-order valence-corrected chi connectivity index (χ2v) is 8.03. The number of halogens is 2. The van der Waals surface area contributed by atoms with E-state index in [-0.39, 0.29) is 11.9 Å². The Kier molecular flexibility index (Phi) is 7.93. The van der Waals surface area contributed by atoms with Gasteiger partial charge < -0.3 is 15.5 Å². The highest BCUT2D eigenvalue weighted by Crippen LogP contribution is 2.18. The third-order valence-electron chi connectivity index (χ3n) is 4.71. The zero-order chi connectivity index (χ0) is 20.6. The molecule has 1 aliphatic rings. The first-order valence-corrected chi connectivity index (χ1v) is 10.9. The Hall–Kier alpha value is -2.07. The summed E-state index contributed by atoms with van der Waals surface area (Å²) in [6.45, 7) is 5.26. The van der Waals surface area contributed by atoms with Crippen molar-refractivity contribution in [1.29, 1.82) is 0 Å². The van der Waals surface area contributed by atoms with Gasteiger partial charge in [0.25, 0.3) is 5.91 Å². The van der Waals surface area contributed by atoms with Crippen LogP contribution in [-0.4, -0.2) is 53.5 Å². The maximum Gasteiger partial charge on any atom is 0.271 e. The summed E-state index contributed by atoms with van der Waals surface area (Å²) < 4.78 is 14.9. The number of carbonyl (C=O) groups is 1. The number of aromatic nitrogens is 2. The van der Waals surface area contributed by atoms with E-state index in [0.29, 0.717) is 37.4 Å². The minimum atomic E-state index is -0.229. The lowest BCUT2D eigenvalue weighted by atomic mass is 10.1. The molecule has 0 radical (unpaired) electrons. The average Bonchev–Trinajstić information content (AvgIpc) is 2.72. The minimum Gasteiger partial charge on any atom is -0.349 e. The highest BCUT2D eigenvalue weighted by Gasteiger charge is 2.11. The highest BCUT2D eigenvalue weighted by molar-refractivity contribution is 14.1. The van der Waals surface area contributed by atoms with Gasteiger partial charge in [-0.25, -0.2) is 4.98 Å². The summed E-state index contributed by atoms with van der Waals surface area (Å²) in [6, 6.07) is 5.74. The number of nitrogens with one attached hydrogen (secondary N) is 2. The molecule has 0 spiro atoms. The van der Waals surface area contributed by atoms with Crippen LogP contribution < -0.4 is 10.6 Å². The number of rotatable bonds is 9. The van der Waals surface area contributed by atoms with Crippen LogP contribution in [0.15, 0.2) is 48.1 Å². The molecule has 3 rings (SSSR count). The molecular weight excluding hydrogens is 484 g/mol. The number of nitrogens with zero attached hydrogens (tertiary/aromatic N) is 3. The molecule has 154 valence electrons. The fraction of sp³-hybridized carbons (Fsp3) is 0.381. The maximum absolute atomic E-state index is 13.8. The van der Waals surface area contributed by atoms with Crippen LogP contribution in [0.3, 0.4) is 0 Å². The van der Waals surface area contributed by atoms with Crippen molar-refractivity contribution in [3.63, 3.8) is 0 Å². The fourth-order valence-electron chi connectivity index (χ4n) is 3.06. The van der Waals surface area contributed by atoms with E-state index in [0.717, 1.165) is 34.0 Å². The van der Waals surface area contributed by atoms with Crippen LogP contribution in [0.4, 0.5) is 4.39 Å². The van der Waals surface area contributed by atoms with E-state index in [9.17, 15) is 9.18 Å². The first-order chi connectivity index (χ1) is 14.1. The molecule has 8 heteroatoms. The molecule has 0 saturated carbocycles. The van der Waals surface area contributed by atoms with E-state index in [4.69, 9.17) is 0 Å². The number of fused-ring (bicyclic) bond motifs is 1. The molecule has 0 unspecified atom stereocenters. The van der Waals surface area contributed by atoms with Crippen LogP contribution in [-0.2, 0) is 0 Å². The summed E-state index contributed by atoms with van der Waals surface area (Å²) >= 11 is 2.22. The van der Waals surface area contributed by atoms with Crippen molar-refractivity contribution < 1.29 is 9.18 Å². The van der Waals surface area contributed by atoms with Crippen LogP contribution in [0.2, 0.25) is 0 Å². The molecule has 1 aromatic heterocycles. The van der Waals surface area contributed by atoms with Crippen molar-refractivity contribution >= 4 is 39.5 Å². The summed E-state index contributed by atoms with van der Waals surface area (Å²) in [6.07, 6.45) is 6.98. The molecule has 0 atom stereocenters. The lowest BCUT2D eigenvalue weighted by molar-refractivity contribution is 0.0949. The van der Waals surface area contributed by atoms with Gasteiger partial charge in [0.15, 0.2) is 5.95 Å². The SMILES string of the molecule is CCN1CC=C(CCCNCCNC(=O)c2cnc3cc(I)ccc3n2)C=C1F. The van der Waals surface area contributed by atoms with E-state index in [1.807, 2.05) is 25.1 Å². The molecule has 1 aliphatic heterocycles. The average molecular weight is 509 g/mol. The summed E-state index contributed by atoms with van der Waals surface area (Å²) in [5.74, 6) is -0.375. The summed E-state index contributed by atoms with van der Waals surface area (Å²) in [4.78, 5) is 22.6. The first-order valence-electron chi connectivity index (χ1n) is 9.79. The molecule has 1 amide bonds. The number of benzene rings is 1. The van der Waals surface area contributed by atoms with E-state index >= 15 is 0 Å². The van der Waals surface area contributed by atoms with E-state index in [1.165, 1.54) is 6.20 Å². The summed E-state index contributed by atoms with van der Waals surface area (Å²) in [7, 11) is 0. The fourth-order valence-corrected chi connectivity index (χ4v) is 3.54. The van der Waals surface area contributed by atoms with E-state index in [1.54, 1.807) is 11.0 Å². The van der Waals surface area contributed by atoms with Crippen molar-refractivity contribution in [2.24, 2.45) is 0 Å². The summed E-state index contributed by atoms with van der Waals surface area (Å²) in [5, 5.41) is 6.15. The van der Waals surface area contributed by atoms with Gasteiger partial charge in [0, 0.05) is 29.7 Å². The topological polar surface area (TPSA) is 70.2 Å². The zero-order valence-electron chi connectivity index (χ0n) is 16.4. The molecule has 0 saturated heterocycles. The van der Waals surface area contributed by atoms with Crippen LogP contribution in [0.25, 0.3) is 11.0 Å². The Morgan fingerprint density at radius 3 is 2.93 bits per heavy atom. The predicted molar refractivity (Wildman–Crippen MR) is 121 cm³/mol. The number of allylic oxidation sites excluding steroid dienone is 2. The van der Waals surface area contributed by atoms with Crippen LogP contribution in [0, 0.1) is 3.57 Å². The monoisotopic (exact) mass is 509 g/mol. The van der Waals surface area contributed by atoms with Crippen LogP contribution in [0.1, 0.15) is 30.3 Å². The van der Waals surface area contributed by atoms with Crippen molar-refractivity contribution in [3.8, 4) is 0 Å². The molecular formula is C21H25FIN5O. The van der Waals surface area contributed by atoms with Crippen LogP contribution >= 0.6 is 22.6 Å². The molecule has 0 fully saturated rings. The summed E-state index contributed by atoms with van der Waals surface area (Å²) in [5.41, 5.74) is 2.85. The largest absolute Gasteiger partial charge is 0.349 e. The van der Waals surface area contributed by atoms with Crippen molar-refractivity contribution in [3.05, 3.63) is 57.3 Å². The van der Waals surface area contributed by atoms with Gasteiger partial charge in [-0.2, -0.15) is 4.39 Å². The molecule has 2 aromatic rings. The second-order valence-electron chi connectivity index (χ2n) is 6.78.